The molecule has 9 nitrogen and oxygen atoms in total. The van der Waals surface area contributed by atoms with Gasteiger partial charge in [0.15, 0.2) is 11.5 Å². The Kier molecular flexibility index (Phi) is 9.07. The first kappa shape index (κ1) is 29.3. The van der Waals surface area contributed by atoms with E-state index in [1.807, 2.05) is 0 Å². The maximum Gasteiger partial charge on any atom is 0.418 e. The van der Waals surface area contributed by atoms with Crippen LogP contribution >= 0.6 is 11.3 Å². The van der Waals surface area contributed by atoms with E-state index in [-0.39, 0.29) is 50.4 Å². The van der Waals surface area contributed by atoms with Gasteiger partial charge in [0.2, 0.25) is 5.75 Å². The Bertz CT molecular complexity index is 1380. The molecule has 0 saturated heterocycles. The van der Waals surface area contributed by atoms with Crippen LogP contribution in [0.1, 0.15) is 48.4 Å². The number of hydrogen-bond donors (Lipinski definition) is 2. The van der Waals surface area contributed by atoms with E-state index in [9.17, 15) is 27.6 Å². The normalized spacial score (nSPS) is 11.0. The molecule has 0 spiro atoms. The molecule has 0 aliphatic rings. The van der Waals surface area contributed by atoms with Crippen molar-refractivity contribution in [3.05, 3.63) is 63.5 Å². The molecular formula is C26H25F3N2O7S. The van der Waals surface area contributed by atoms with E-state index < -0.39 is 35.2 Å². The Morgan fingerprint density at radius 3 is 2.08 bits per heavy atom. The summed E-state index contributed by atoms with van der Waals surface area (Å²) in [6, 6.07) is 7.28. The van der Waals surface area contributed by atoms with Crippen LogP contribution in [0.2, 0.25) is 0 Å². The predicted octanol–water partition coefficient (Wildman–Crippen LogP) is 5.78. The van der Waals surface area contributed by atoms with Crippen molar-refractivity contribution in [2.45, 2.75) is 20.0 Å². The van der Waals surface area contributed by atoms with Crippen molar-refractivity contribution in [3.8, 4) is 17.2 Å². The van der Waals surface area contributed by atoms with Crippen molar-refractivity contribution < 1.29 is 46.5 Å². The highest BCUT2D eigenvalue weighted by molar-refractivity contribution is 7.19. The zero-order chi connectivity index (χ0) is 28.9. The summed E-state index contributed by atoms with van der Waals surface area (Å²) in [5, 5.41) is 4.81. The molecule has 3 rings (SSSR count). The van der Waals surface area contributed by atoms with Gasteiger partial charge in [-0.15, -0.1) is 11.3 Å². The number of methoxy groups -OCH3 is 3. The van der Waals surface area contributed by atoms with Crippen molar-refractivity contribution in [1.29, 1.82) is 0 Å². The number of rotatable bonds is 9. The number of hydrogen-bond acceptors (Lipinski definition) is 8. The first-order chi connectivity index (χ1) is 18.5. The average molecular weight is 567 g/mol. The molecule has 208 valence electrons. The lowest BCUT2D eigenvalue weighted by atomic mass is 10.1. The lowest BCUT2D eigenvalue weighted by molar-refractivity contribution is -0.136. The predicted molar refractivity (Wildman–Crippen MR) is 138 cm³/mol. The van der Waals surface area contributed by atoms with E-state index in [1.54, 1.807) is 6.92 Å². The summed E-state index contributed by atoms with van der Waals surface area (Å²) >= 11 is 0.718. The highest BCUT2D eigenvalue weighted by Crippen LogP contribution is 2.40. The van der Waals surface area contributed by atoms with Crippen LogP contribution in [0.5, 0.6) is 17.2 Å². The summed E-state index contributed by atoms with van der Waals surface area (Å²) in [6.07, 6.45) is -4.70. The van der Waals surface area contributed by atoms with Crippen LogP contribution in [0.15, 0.2) is 36.4 Å². The fourth-order valence-electron chi connectivity index (χ4n) is 3.67. The van der Waals surface area contributed by atoms with Gasteiger partial charge >= 0.3 is 12.1 Å². The van der Waals surface area contributed by atoms with Gasteiger partial charge in [-0.3, -0.25) is 9.59 Å². The molecule has 3 aromatic rings. The summed E-state index contributed by atoms with van der Waals surface area (Å²) in [5.74, 6) is -1.73. The van der Waals surface area contributed by atoms with Crippen LogP contribution in [-0.4, -0.2) is 45.7 Å². The third-order valence-electron chi connectivity index (χ3n) is 5.47. The monoisotopic (exact) mass is 566 g/mol. The molecule has 39 heavy (non-hydrogen) atoms. The summed E-state index contributed by atoms with van der Waals surface area (Å²) in [7, 11) is 4.16. The van der Waals surface area contributed by atoms with E-state index in [1.165, 1.54) is 52.5 Å². The van der Waals surface area contributed by atoms with Crippen LogP contribution in [-0.2, 0) is 10.9 Å². The van der Waals surface area contributed by atoms with Crippen LogP contribution in [0.4, 0.5) is 23.9 Å². The first-order valence-corrected chi connectivity index (χ1v) is 12.2. The van der Waals surface area contributed by atoms with E-state index in [0.717, 1.165) is 23.5 Å². The molecule has 2 aromatic carbocycles. The average Bonchev–Trinajstić information content (AvgIpc) is 3.22. The van der Waals surface area contributed by atoms with Crippen molar-refractivity contribution in [3.63, 3.8) is 0 Å². The Morgan fingerprint density at radius 1 is 0.923 bits per heavy atom. The number of ether oxygens (including phenoxy) is 4. The number of benzene rings is 2. The number of para-hydroxylation sites is 1. The topological polar surface area (TPSA) is 112 Å². The maximum absolute atomic E-state index is 13.4. The molecule has 0 aliphatic carbocycles. The summed E-state index contributed by atoms with van der Waals surface area (Å²) in [4.78, 5) is 38.9. The van der Waals surface area contributed by atoms with Crippen LogP contribution < -0.4 is 24.8 Å². The molecule has 0 aliphatic heterocycles. The Hall–Kier alpha value is -4.26. The molecule has 0 fully saturated rings. The van der Waals surface area contributed by atoms with Crippen LogP contribution in [0, 0.1) is 6.92 Å². The maximum atomic E-state index is 13.4. The van der Waals surface area contributed by atoms with Gasteiger partial charge in [0.1, 0.15) is 5.00 Å². The highest BCUT2D eigenvalue weighted by Gasteiger charge is 2.34. The lowest BCUT2D eigenvalue weighted by Gasteiger charge is -2.14. The Morgan fingerprint density at radius 2 is 1.54 bits per heavy atom. The van der Waals surface area contributed by atoms with Gasteiger partial charge in [-0.2, -0.15) is 13.2 Å². The Labute approximate surface area is 225 Å². The zero-order valence-electron chi connectivity index (χ0n) is 21.6. The van der Waals surface area contributed by atoms with Gasteiger partial charge in [-0.05, 0) is 43.7 Å². The van der Waals surface area contributed by atoms with Gasteiger partial charge in [-0.25, -0.2) is 4.79 Å². The molecular weight excluding hydrogens is 541 g/mol. The van der Waals surface area contributed by atoms with Gasteiger partial charge in [0.05, 0.1) is 49.6 Å². The van der Waals surface area contributed by atoms with E-state index in [2.05, 4.69) is 10.6 Å². The van der Waals surface area contributed by atoms with Crippen molar-refractivity contribution in [1.82, 2.24) is 0 Å². The van der Waals surface area contributed by atoms with E-state index >= 15 is 0 Å². The second-order valence-electron chi connectivity index (χ2n) is 7.85. The van der Waals surface area contributed by atoms with Gasteiger partial charge in [-0.1, -0.05) is 12.1 Å². The zero-order valence-corrected chi connectivity index (χ0v) is 22.4. The number of nitrogens with one attached hydrogen (secondary N) is 2. The van der Waals surface area contributed by atoms with Gasteiger partial charge < -0.3 is 29.6 Å². The fourth-order valence-corrected chi connectivity index (χ4v) is 4.76. The summed E-state index contributed by atoms with van der Waals surface area (Å²) < 4.78 is 61.1. The molecule has 0 bridgehead atoms. The standard InChI is InChI=1S/C26H25F3N2O7S/c1-6-38-25(34)19-13(2)21(23(33)30-16-10-8-7-9-15(16)26(27,28)29)39-24(19)31-22(32)14-11-17(35-3)20(37-5)18(12-14)36-4/h7-12H,6H2,1-5H3,(H,30,33)(H,31,32). The second-order valence-corrected chi connectivity index (χ2v) is 8.87. The highest BCUT2D eigenvalue weighted by atomic mass is 32.1. The minimum absolute atomic E-state index is 0.00880. The number of carbonyl (C=O) groups is 3. The molecule has 13 heteroatoms. The van der Waals surface area contributed by atoms with Crippen molar-refractivity contribution in [2.24, 2.45) is 0 Å². The largest absolute Gasteiger partial charge is 0.493 e. The molecule has 1 aromatic heterocycles. The quantitative estimate of drug-likeness (QED) is 0.316. The number of halogens is 3. The molecule has 0 atom stereocenters. The van der Waals surface area contributed by atoms with Gasteiger partial charge in [0.25, 0.3) is 11.8 Å². The molecule has 0 saturated carbocycles. The fraction of sp³-hybridized carbons (Fsp3) is 0.269. The molecule has 1 heterocycles. The Balaban J connectivity index is 2.02. The number of amides is 2. The van der Waals surface area contributed by atoms with Crippen LogP contribution in [0.25, 0.3) is 0 Å². The van der Waals surface area contributed by atoms with E-state index in [4.69, 9.17) is 18.9 Å². The molecule has 0 radical (unpaired) electrons. The van der Waals surface area contributed by atoms with Crippen molar-refractivity contribution >= 4 is 39.8 Å². The van der Waals surface area contributed by atoms with Crippen molar-refractivity contribution in [2.75, 3.05) is 38.6 Å². The SMILES string of the molecule is CCOC(=O)c1c(NC(=O)c2cc(OC)c(OC)c(OC)c2)sc(C(=O)Nc2ccccc2C(F)(F)F)c1C. The number of alkyl halides is 3. The lowest BCUT2D eigenvalue weighted by Crippen LogP contribution is -2.17. The summed E-state index contributed by atoms with van der Waals surface area (Å²) in [5.41, 5.74) is -1.38. The molecule has 2 N–H and O–H groups in total. The smallest absolute Gasteiger partial charge is 0.418 e. The minimum atomic E-state index is -4.70. The number of thiophene rings is 1. The third kappa shape index (κ3) is 6.25. The number of anilines is 2. The number of carbonyl (C=O) groups excluding carboxylic acids is 3. The van der Waals surface area contributed by atoms with Gasteiger partial charge in [0, 0.05) is 5.56 Å². The van der Waals surface area contributed by atoms with E-state index in [0.29, 0.717) is 0 Å². The second kappa shape index (κ2) is 12.1. The van der Waals surface area contributed by atoms with Crippen LogP contribution in [0.3, 0.4) is 0 Å². The minimum Gasteiger partial charge on any atom is -0.493 e. The summed E-state index contributed by atoms with van der Waals surface area (Å²) in [6.45, 7) is 3.02. The molecule has 0 unspecified atom stereocenters. The first-order valence-electron chi connectivity index (χ1n) is 11.4. The number of esters is 1. The third-order valence-corrected chi connectivity index (χ3v) is 6.67. The molecule has 2 amide bonds.